The second-order valence-electron chi connectivity index (χ2n) is 11.1. The molecule has 0 bridgehead atoms. The SMILES string of the molecule is CCCCCc1ccc(OCCCC2CCC(C3CCC(CCCCC)CC3)CC2)cc1. The van der Waals surface area contributed by atoms with Crippen LogP contribution in [0.5, 0.6) is 5.75 Å². The summed E-state index contributed by atoms with van der Waals surface area (Å²) in [4.78, 5) is 0. The summed E-state index contributed by atoms with van der Waals surface area (Å²) in [6, 6.07) is 8.85. The van der Waals surface area contributed by atoms with Crippen molar-refractivity contribution in [3.05, 3.63) is 29.8 Å². The van der Waals surface area contributed by atoms with E-state index in [1.165, 1.54) is 121 Å². The van der Waals surface area contributed by atoms with E-state index in [1.807, 2.05) is 0 Å². The molecule has 0 radical (unpaired) electrons. The Labute approximate surface area is 200 Å². The fraction of sp³-hybridized carbons (Fsp3) is 0.806. The second kappa shape index (κ2) is 15.0. The normalized spacial score (nSPS) is 26.2. The number of unbranched alkanes of at least 4 members (excludes halogenated alkanes) is 4. The fourth-order valence-corrected chi connectivity index (χ4v) is 6.47. The van der Waals surface area contributed by atoms with Crippen molar-refractivity contribution in [2.75, 3.05) is 6.61 Å². The molecule has 0 aromatic heterocycles. The van der Waals surface area contributed by atoms with E-state index < -0.39 is 0 Å². The first kappa shape index (κ1) is 25.6. The average Bonchev–Trinajstić information content (AvgIpc) is 2.84. The Balaban J connectivity index is 1.23. The zero-order valence-corrected chi connectivity index (χ0v) is 21.5. The van der Waals surface area contributed by atoms with Gasteiger partial charge >= 0.3 is 0 Å². The van der Waals surface area contributed by atoms with Crippen LogP contribution in [-0.4, -0.2) is 6.61 Å². The maximum atomic E-state index is 6.04. The summed E-state index contributed by atoms with van der Waals surface area (Å²) in [5, 5.41) is 0. The monoisotopic (exact) mass is 440 g/mol. The van der Waals surface area contributed by atoms with Gasteiger partial charge in [0.25, 0.3) is 0 Å². The first-order chi connectivity index (χ1) is 15.8. The van der Waals surface area contributed by atoms with Crippen molar-refractivity contribution in [2.24, 2.45) is 23.7 Å². The molecule has 3 rings (SSSR count). The summed E-state index contributed by atoms with van der Waals surface area (Å²) in [6.45, 7) is 5.48. The van der Waals surface area contributed by atoms with Gasteiger partial charge in [-0.05, 0) is 92.7 Å². The van der Waals surface area contributed by atoms with Crippen molar-refractivity contribution in [3.8, 4) is 5.75 Å². The first-order valence-corrected chi connectivity index (χ1v) is 14.5. The minimum absolute atomic E-state index is 0.886. The Morgan fingerprint density at radius 2 is 1.16 bits per heavy atom. The molecule has 182 valence electrons. The Kier molecular flexibility index (Phi) is 12.0. The zero-order valence-electron chi connectivity index (χ0n) is 21.5. The van der Waals surface area contributed by atoms with Gasteiger partial charge in [0.2, 0.25) is 0 Å². The quantitative estimate of drug-likeness (QED) is 0.261. The maximum absolute atomic E-state index is 6.04. The third-order valence-corrected chi connectivity index (χ3v) is 8.68. The molecule has 0 N–H and O–H groups in total. The van der Waals surface area contributed by atoms with Gasteiger partial charge in [-0.25, -0.2) is 0 Å². The Bertz CT molecular complexity index is 575. The average molecular weight is 441 g/mol. The van der Waals surface area contributed by atoms with Crippen molar-refractivity contribution < 1.29 is 4.74 Å². The van der Waals surface area contributed by atoms with Crippen molar-refractivity contribution in [2.45, 2.75) is 129 Å². The van der Waals surface area contributed by atoms with Gasteiger partial charge in [0.05, 0.1) is 6.61 Å². The number of hydrogen-bond acceptors (Lipinski definition) is 1. The minimum atomic E-state index is 0.886. The summed E-state index contributed by atoms with van der Waals surface area (Å²) in [5.74, 6) is 5.19. The van der Waals surface area contributed by atoms with Gasteiger partial charge in [-0.15, -0.1) is 0 Å². The molecule has 1 aromatic carbocycles. The van der Waals surface area contributed by atoms with E-state index >= 15 is 0 Å². The van der Waals surface area contributed by atoms with Crippen LogP contribution >= 0.6 is 0 Å². The van der Waals surface area contributed by atoms with E-state index in [2.05, 4.69) is 38.1 Å². The molecule has 0 aliphatic heterocycles. The van der Waals surface area contributed by atoms with Gasteiger partial charge in [-0.1, -0.05) is 90.2 Å². The number of hydrogen-bond donors (Lipinski definition) is 0. The molecule has 0 amide bonds. The van der Waals surface area contributed by atoms with Crippen molar-refractivity contribution in [3.63, 3.8) is 0 Å². The van der Waals surface area contributed by atoms with Gasteiger partial charge < -0.3 is 4.74 Å². The van der Waals surface area contributed by atoms with Crippen LogP contribution in [0.3, 0.4) is 0 Å². The molecular weight excluding hydrogens is 388 g/mol. The number of rotatable bonds is 14. The fourth-order valence-electron chi connectivity index (χ4n) is 6.47. The second-order valence-corrected chi connectivity index (χ2v) is 11.1. The van der Waals surface area contributed by atoms with E-state index in [0.29, 0.717) is 0 Å². The minimum Gasteiger partial charge on any atom is -0.494 e. The van der Waals surface area contributed by atoms with Crippen LogP contribution in [0.25, 0.3) is 0 Å². The third kappa shape index (κ3) is 9.11. The predicted octanol–water partition coefficient (Wildman–Crippen LogP) is 9.77. The molecule has 0 saturated heterocycles. The van der Waals surface area contributed by atoms with Crippen molar-refractivity contribution in [1.82, 2.24) is 0 Å². The first-order valence-electron chi connectivity index (χ1n) is 14.5. The van der Waals surface area contributed by atoms with E-state index in [-0.39, 0.29) is 0 Å². The molecule has 2 fully saturated rings. The Morgan fingerprint density at radius 1 is 0.625 bits per heavy atom. The zero-order chi connectivity index (χ0) is 22.4. The Morgan fingerprint density at radius 3 is 1.72 bits per heavy atom. The molecule has 32 heavy (non-hydrogen) atoms. The van der Waals surface area contributed by atoms with E-state index in [9.17, 15) is 0 Å². The van der Waals surface area contributed by atoms with Crippen molar-refractivity contribution in [1.29, 1.82) is 0 Å². The summed E-state index contributed by atoms with van der Waals surface area (Å²) in [7, 11) is 0. The summed E-state index contributed by atoms with van der Waals surface area (Å²) >= 11 is 0. The molecule has 0 atom stereocenters. The molecule has 0 spiro atoms. The summed E-state index contributed by atoms with van der Waals surface area (Å²) < 4.78 is 6.04. The number of aryl methyl sites for hydroxylation is 1. The highest BCUT2D eigenvalue weighted by atomic mass is 16.5. The largest absolute Gasteiger partial charge is 0.494 e. The highest BCUT2D eigenvalue weighted by Crippen LogP contribution is 2.43. The molecule has 1 heteroatoms. The summed E-state index contributed by atoms with van der Waals surface area (Å²) in [6.07, 6.45) is 25.7. The Hall–Kier alpha value is -0.980. The van der Waals surface area contributed by atoms with Gasteiger partial charge in [-0.2, -0.15) is 0 Å². The molecule has 0 unspecified atom stereocenters. The lowest BCUT2D eigenvalue weighted by atomic mass is 9.68. The lowest BCUT2D eigenvalue weighted by Gasteiger charge is -2.38. The molecule has 1 nitrogen and oxygen atoms in total. The van der Waals surface area contributed by atoms with Gasteiger partial charge in [0, 0.05) is 0 Å². The highest BCUT2D eigenvalue weighted by Gasteiger charge is 2.30. The van der Waals surface area contributed by atoms with Gasteiger partial charge in [-0.3, -0.25) is 0 Å². The molecule has 1 aromatic rings. The van der Waals surface area contributed by atoms with Crippen LogP contribution in [0.2, 0.25) is 0 Å². The van der Waals surface area contributed by atoms with E-state index in [0.717, 1.165) is 36.0 Å². The van der Waals surface area contributed by atoms with Crippen molar-refractivity contribution >= 4 is 0 Å². The standard InChI is InChI=1S/C31H52O/c1-3-5-7-10-26-13-19-29(20-14-26)30-21-15-28(16-22-30)12-9-25-32-31-23-17-27(18-24-31)11-8-6-4-2/h17-18,23-24,26,28-30H,3-16,19-22,25H2,1-2H3. The lowest BCUT2D eigenvalue weighted by Crippen LogP contribution is -2.26. The predicted molar refractivity (Wildman–Crippen MR) is 139 cm³/mol. The molecule has 2 aliphatic rings. The van der Waals surface area contributed by atoms with Gasteiger partial charge in [0.15, 0.2) is 0 Å². The van der Waals surface area contributed by atoms with Crippen LogP contribution in [0, 0.1) is 23.7 Å². The number of benzene rings is 1. The topological polar surface area (TPSA) is 9.23 Å². The molecular formula is C31H52O. The molecule has 2 saturated carbocycles. The van der Waals surface area contributed by atoms with Crippen LogP contribution in [-0.2, 0) is 6.42 Å². The van der Waals surface area contributed by atoms with Gasteiger partial charge in [0.1, 0.15) is 5.75 Å². The smallest absolute Gasteiger partial charge is 0.119 e. The lowest BCUT2D eigenvalue weighted by molar-refractivity contribution is 0.138. The van der Waals surface area contributed by atoms with E-state index in [1.54, 1.807) is 0 Å². The van der Waals surface area contributed by atoms with E-state index in [4.69, 9.17) is 4.74 Å². The van der Waals surface area contributed by atoms with Crippen LogP contribution in [0.1, 0.15) is 129 Å². The molecule has 2 aliphatic carbocycles. The van der Waals surface area contributed by atoms with Crippen LogP contribution < -0.4 is 4.74 Å². The van der Waals surface area contributed by atoms with Crippen LogP contribution in [0.15, 0.2) is 24.3 Å². The number of ether oxygens (including phenoxy) is 1. The van der Waals surface area contributed by atoms with Crippen LogP contribution in [0.4, 0.5) is 0 Å². The summed E-state index contributed by atoms with van der Waals surface area (Å²) in [5.41, 5.74) is 1.45. The molecule has 0 heterocycles. The maximum Gasteiger partial charge on any atom is 0.119 e. The highest BCUT2D eigenvalue weighted by molar-refractivity contribution is 5.27. The third-order valence-electron chi connectivity index (χ3n) is 8.68.